The van der Waals surface area contributed by atoms with Crippen LogP contribution in [0.2, 0.25) is 0 Å². The molecular weight excluding hydrogens is 320 g/mol. The summed E-state index contributed by atoms with van der Waals surface area (Å²) < 4.78 is 0. The van der Waals surface area contributed by atoms with Crippen LogP contribution in [-0.4, -0.2) is 41.6 Å². The normalized spacial score (nSPS) is 25.6. The van der Waals surface area contributed by atoms with E-state index in [0.29, 0.717) is 12.0 Å². The highest BCUT2D eigenvalue weighted by atomic mass is 32.1. The second kappa shape index (κ2) is 6.67. The maximum atomic E-state index is 12.6. The number of carbonyl (C=O) groups excluding carboxylic acids is 1. The number of amides is 1. The number of nitrogens with zero attached hydrogens (tertiary/aromatic N) is 1. The molecule has 24 heavy (non-hydrogen) atoms. The molecule has 126 valence electrons. The second-order valence-corrected chi connectivity index (χ2v) is 7.82. The van der Waals surface area contributed by atoms with Gasteiger partial charge in [-0.15, -0.1) is 11.3 Å². The smallest absolute Gasteiger partial charge is 0.261 e. The minimum absolute atomic E-state index is 0.0339. The predicted molar refractivity (Wildman–Crippen MR) is 96.1 cm³/mol. The Kier molecular flexibility index (Phi) is 4.39. The molecule has 5 rings (SSSR count). The number of nitrogens with one attached hydrogen (secondary N) is 1. The van der Waals surface area contributed by atoms with Gasteiger partial charge in [0.2, 0.25) is 0 Å². The van der Waals surface area contributed by atoms with Crippen LogP contribution in [0.4, 0.5) is 0 Å². The van der Waals surface area contributed by atoms with E-state index in [1.54, 1.807) is 0 Å². The van der Waals surface area contributed by atoms with Gasteiger partial charge in [-0.05, 0) is 61.2 Å². The first-order valence-corrected chi connectivity index (χ1v) is 9.38. The lowest BCUT2D eigenvalue weighted by Crippen LogP contribution is -2.57. The van der Waals surface area contributed by atoms with Crippen molar-refractivity contribution in [2.24, 2.45) is 5.92 Å². The second-order valence-electron chi connectivity index (χ2n) is 6.74. The van der Waals surface area contributed by atoms with Crippen LogP contribution in [0, 0.1) is 5.92 Å². The van der Waals surface area contributed by atoms with Crippen molar-refractivity contribution in [1.82, 2.24) is 10.2 Å². The number of carbonyl (C=O) groups is 1. The highest BCUT2D eigenvalue weighted by Gasteiger charge is 2.35. The topological polar surface area (TPSA) is 52.6 Å². The highest BCUT2D eigenvalue weighted by molar-refractivity contribution is 7.17. The van der Waals surface area contributed by atoms with Crippen molar-refractivity contribution in [2.75, 3.05) is 19.6 Å². The standard InChI is InChI=1S/C19H22N2O2S/c22-12-13-2-1-3-15(10-13)17-4-5-18(24-17)19(23)20-16-11-21-8-6-14(16)7-9-21/h1-5,10,14,16,22H,6-9,11-12H2,(H,20,23)/t16-/m0/s1. The molecule has 3 saturated heterocycles. The Balaban J connectivity index is 1.47. The van der Waals surface area contributed by atoms with Gasteiger partial charge < -0.3 is 15.3 Å². The van der Waals surface area contributed by atoms with Crippen LogP contribution in [0.15, 0.2) is 36.4 Å². The summed E-state index contributed by atoms with van der Waals surface area (Å²) in [5, 5.41) is 12.5. The van der Waals surface area contributed by atoms with Crippen LogP contribution < -0.4 is 5.32 Å². The first kappa shape index (κ1) is 15.8. The van der Waals surface area contributed by atoms with Crippen LogP contribution in [0.5, 0.6) is 0 Å². The third kappa shape index (κ3) is 3.11. The number of aliphatic hydroxyl groups is 1. The Labute approximate surface area is 146 Å². The summed E-state index contributed by atoms with van der Waals surface area (Å²) in [5.74, 6) is 0.683. The van der Waals surface area contributed by atoms with Crippen LogP contribution in [0.3, 0.4) is 0 Å². The third-order valence-electron chi connectivity index (χ3n) is 5.20. The van der Waals surface area contributed by atoms with E-state index >= 15 is 0 Å². The van der Waals surface area contributed by atoms with E-state index in [4.69, 9.17) is 0 Å². The van der Waals surface area contributed by atoms with E-state index in [1.807, 2.05) is 36.4 Å². The van der Waals surface area contributed by atoms with E-state index in [-0.39, 0.29) is 12.5 Å². The van der Waals surface area contributed by atoms with Crippen molar-refractivity contribution in [2.45, 2.75) is 25.5 Å². The number of rotatable bonds is 4. The molecule has 0 aliphatic carbocycles. The van der Waals surface area contributed by atoms with Gasteiger partial charge in [0.25, 0.3) is 5.91 Å². The number of fused-ring (bicyclic) bond motifs is 3. The monoisotopic (exact) mass is 342 g/mol. The summed E-state index contributed by atoms with van der Waals surface area (Å²) in [6.07, 6.45) is 2.41. The summed E-state index contributed by atoms with van der Waals surface area (Å²) in [6, 6.07) is 12.0. The van der Waals surface area contributed by atoms with Gasteiger partial charge in [0.15, 0.2) is 0 Å². The summed E-state index contributed by atoms with van der Waals surface area (Å²) in [6.45, 7) is 3.39. The molecule has 0 spiro atoms. The maximum absolute atomic E-state index is 12.6. The molecule has 4 heterocycles. The molecule has 3 aliphatic rings. The fraction of sp³-hybridized carbons (Fsp3) is 0.421. The molecule has 1 aromatic carbocycles. The summed E-state index contributed by atoms with van der Waals surface area (Å²) in [5.41, 5.74) is 1.94. The van der Waals surface area contributed by atoms with Crippen LogP contribution in [0.25, 0.3) is 10.4 Å². The van der Waals surface area contributed by atoms with Gasteiger partial charge in [-0.1, -0.05) is 18.2 Å². The van der Waals surface area contributed by atoms with Crippen LogP contribution >= 0.6 is 11.3 Å². The SMILES string of the molecule is O=C(N[C@H]1CN2CCC1CC2)c1ccc(-c2cccc(CO)c2)s1. The first-order valence-electron chi connectivity index (χ1n) is 8.56. The van der Waals surface area contributed by atoms with Crippen molar-refractivity contribution >= 4 is 17.2 Å². The van der Waals surface area contributed by atoms with E-state index in [9.17, 15) is 9.90 Å². The molecule has 2 N–H and O–H groups in total. The molecule has 0 saturated carbocycles. The van der Waals surface area contributed by atoms with Crippen molar-refractivity contribution < 1.29 is 9.90 Å². The average Bonchev–Trinajstić information content (AvgIpc) is 3.13. The van der Waals surface area contributed by atoms with E-state index in [0.717, 1.165) is 27.4 Å². The van der Waals surface area contributed by atoms with Crippen molar-refractivity contribution in [3.8, 4) is 10.4 Å². The van der Waals surface area contributed by atoms with Crippen LogP contribution in [-0.2, 0) is 6.61 Å². The van der Waals surface area contributed by atoms with Gasteiger partial charge in [0.05, 0.1) is 11.5 Å². The number of aliphatic hydroxyl groups excluding tert-OH is 1. The molecule has 3 aliphatic heterocycles. The van der Waals surface area contributed by atoms with Gasteiger partial charge >= 0.3 is 0 Å². The molecule has 0 radical (unpaired) electrons. The van der Waals surface area contributed by atoms with Gasteiger partial charge in [0.1, 0.15) is 0 Å². The molecule has 1 atom stereocenters. The van der Waals surface area contributed by atoms with Crippen LogP contribution in [0.1, 0.15) is 28.1 Å². The Morgan fingerprint density at radius 1 is 1.25 bits per heavy atom. The number of piperidine rings is 3. The molecule has 2 aromatic rings. The number of hydrogen-bond donors (Lipinski definition) is 2. The number of hydrogen-bond acceptors (Lipinski definition) is 4. The van der Waals surface area contributed by atoms with E-state index in [1.165, 1.54) is 37.3 Å². The molecule has 2 bridgehead atoms. The zero-order chi connectivity index (χ0) is 16.5. The first-order chi connectivity index (χ1) is 11.7. The minimum atomic E-state index is 0.0339. The lowest BCUT2D eigenvalue weighted by molar-refractivity contribution is 0.0622. The largest absolute Gasteiger partial charge is 0.392 e. The van der Waals surface area contributed by atoms with E-state index in [2.05, 4.69) is 10.2 Å². The molecule has 4 nitrogen and oxygen atoms in total. The Bertz CT molecular complexity index is 734. The quantitative estimate of drug-likeness (QED) is 0.898. The summed E-state index contributed by atoms with van der Waals surface area (Å²) in [7, 11) is 0. The Hall–Kier alpha value is -1.69. The van der Waals surface area contributed by atoms with Crippen molar-refractivity contribution in [1.29, 1.82) is 0 Å². The average molecular weight is 342 g/mol. The maximum Gasteiger partial charge on any atom is 0.261 e. The summed E-state index contributed by atoms with van der Waals surface area (Å²) in [4.78, 5) is 16.9. The third-order valence-corrected chi connectivity index (χ3v) is 6.33. The van der Waals surface area contributed by atoms with Gasteiger partial charge in [-0.25, -0.2) is 0 Å². The van der Waals surface area contributed by atoms with Gasteiger partial charge in [-0.2, -0.15) is 0 Å². The Morgan fingerprint density at radius 3 is 2.79 bits per heavy atom. The molecule has 5 heteroatoms. The molecule has 3 fully saturated rings. The zero-order valence-electron chi connectivity index (χ0n) is 13.6. The fourth-order valence-corrected chi connectivity index (χ4v) is 4.71. The van der Waals surface area contributed by atoms with Crippen molar-refractivity contribution in [3.63, 3.8) is 0 Å². The highest BCUT2D eigenvalue weighted by Crippen LogP contribution is 2.30. The number of thiophene rings is 1. The summed E-state index contributed by atoms with van der Waals surface area (Å²) >= 11 is 1.51. The van der Waals surface area contributed by atoms with Gasteiger partial charge in [-0.3, -0.25) is 4.79 Å². The zero-order valence-corrected chi connectivity index (χ0v) is 14.4. The molecule has 0 unspecified atom stereocenters. The van der Waals surface area contributed by atoms with Gasteiger partial charge in [0, 0.05) is 17.5 Å². The molecule has 1 amide bonds. The molecular formula is C19H22N2O2S. The predicted octanol–water partition coefficient (Wildman–Crippen LogP) is 2.73. The lowest BCUT2D eigenvalue weighted by Gasteiger charge is -2.44. The van der Waals surface area contributed by atoms with Crippen molar-refractivity contribution in [3.05, 3.63) is 46.8 Å². The molecule has 1 aromatic heterocycles. The Morgan fingerprint density at radius 2 is 2.08 bits per heavy atom. The fourth-order valence-electron chi connectivity index (χ4n) is 3.81. The lowest BCUT2D eigenvalue weighted by atomic mass is 9.84. The minimum Gasteiger partial charge on any atom is -0.392 e. The number of benzene rings is 1. The van der Waals surface area contributed by atoms with E-state index < -0.39 is 0 Å².